The van der Waals surface area contributed by atoms with Gasteiger partial charge in [0.15, 0.2) is 5.96 Å². The number of hydrogen-bond acceptors (Lipinski definition) is 4. The molecule has 0 saturated heterocycles. The summed E-state index contributed by atoms with van der Waals surface area (Å²) in [7, 11) is 0. The van der Waals surface area contributed by atoms with Crippen molar-refractivity contribution in [2.75, 3.05) is 13.2 Å². The fourth-order valence-corrected chi connectivity index (χ4v) is 2.51. The molecule has 152 valence electrons. The zero-order valence-electron chi connectivity index (χ0n) is 16.4. The first kappa shape index (κ1) is 23.7. The highest BCUT2D eigenvalue weighted by molar-refractivity contribution is 14.0. The predicted octanol–water partition coefficient (Wildman–Crippen LogP) is 4.18. The Morgan fingerprint density at radius 2 is 1.86 bits per heavy atom. The average Bonchev–Trinajstić information content (AvgIpc) is 2.65. The predicted molar refractivity (Wildman–Crippen MR) is 123 cm³/mol. The number of guanidine groups is 1. The lowest BCUT2D eigenvalue weighted by atomic mass is 10.1. The third-order valence-electron chi connectivity index (χ3n) is 3.88. The van der Waals surface area contributed by atoms with Gasteiger partial charge in [0.05, 0.1) is 18.1 Å². The van der Waals surface area contributed by atoms with Gasteiger partial charge in [-0.25, -0.2) is 4.99 Å². The van der Waals surface area contributed by atoms with Gasteiger partial charge in [0, 0.05) is 30.8 Å². The lowest BCUT2D eigenvalue weighted by molar-refractivity contribution is -0.384. The molecule has 0 aromatic heterocycles. The van der Waals surface area contributed by atoms with Gasteiger partial charge in [-0.05, 0) is 38.0 Å². The first-order chi connectivity index (χ1) is 13.0. The Kier molecular flexibility index (Phi) is 10.3. The quantitative estimate of drug-likeness (QED) is 0.188. The number of nitrogens with zero attached hydrogens (tertiary/aromatic N) is 2. The fourth-order valence-electron chi connectivity index (χ4n) is 2.51. The molecule has 7 nitrogen and oxygen atoms in total. The summed E-state index contributed by atoms with van der Waals surface area (Å²) in [5.74, 6) is 1.55. The Hall–Kier alpha value is -2.36. The van der Waals surface area contributed by atoms with Crippen molar-refractivity contribution in [3.63, 3.8) is 0 Å². The van der Waals surface area contributed by atoms with Crippen molar-refractivity contribution in [3.05, 3.63) is 69.3 Å². The van der Waals surface area contributed by atoms with E-state index < -0.39 is 4.92 Å². The smallest absolute Gasteiger partial charge is 0.269 e. The molecule has 0 heterocycles. The number of benzene rings is 2. The molecule has 0 unspecified atom stereocenters. The van der Waals surface area contributed by atoms with E-state index in [0.717, 1.165) is 29.0 Å². The van der Waals surface area contributed by atoms with Gasteiger partial charge >= 0.3 is 0 Å². The molecule has 0 aliphatic carbocycles. The van der Waals surface area contributed by atoms with Crippen LogP contribution in [0.5, 0.6) is 5.75 Å². The van der Waals surface area contributed by atoms with Gasteiger partial charge < -0.3 is 15.4 Å². The SMILES string of the molecule is CCNC(=NCc1ccc([N+](=O)[O-])cc1)NCc1ccc(C)cc1OCC.I. The van der Waals surface area contributed by atoms with Crippen LogP contribution < -0.4 is 15.4 Å². The lowest BCUT2D eigenvalue weighted by Crippen LogP contribution is -2.36. The van der Waals surface area contributed by atoms with Crippen LogP contribution in [-0.4, -0.2) is 24.0 Å². The van der Waals surface area contributed by atoms with E-state index in [0.29, 0.717) is 25.7 Å². The number of hydrogen-bond donors (Lipinski definition) is 2. The number of nitro benzene ring substituents is 1. The molecular weight excluding hydrogens is 471 g/mol. The van der Waals surface area contributed by atoms with Crippen molar-refractivity contribution in [1.82, 2.24) is 10.6 Å². The topological polar surface area (TPSA) is 88.8 Å². The zero-order valence-corrected chi connectivity index (χ0v) is 18.7. The van der Waals surface area contributed by atoms with Crippen molar-refractivity contribution in [3.8, 4) is 5.75 Å². The molecule has 0 amide bonds. The Morgan fingerprint density at radius 1 is 1.14 bits per heavy atom. The highest BCUT2D eigenvalue weighted by Crippen LogP contribution is 2.20. The molecule has 2 N–H and O–H groups in total. The molecule has 0 saturated carbocycles. The molecule has 2 rings (SSSR count). The summed E-state index contributed by atoms with van der Waals surface area (Å²) in [6.07, 6.45) is 0. The number of aryl methyl sites for hydroxylation is 1. The molecule has 28 heavy (non-hydrogen) atoms. The third-order valence-corrected chi connectivity index (χ3v) is 3.88. The first-order valence-corrected chi connectivity index (χ1v) is 9.01. The lowest BCUT2D eigenvalue weighted by Gasteiger charge is -2.14. The second-order valence-corrected chi connectivity index (χ2v) is 6.02. The molecule has 0 bridgehead atoms. The summed E-state index contributed by atoms with van der Waals surface area (Å²) < 4.78 is 5.71. The van der Waals surface area contributed by atoms with Crippen LogP contribution in [0.15, 0.2) is 47.5 Å². The maximum absolute atomic E-state index is 10.7. The number of aliphatic imine (C=N–C) groups is 1. The highest BCUT2D eigenvalue weighted by Gasteiger charge is 2.06. The van der Waals surface area contributed by atoms with Crippen molar-refractivity contribution in [1.29, 1.82) is 0 Å². The minimum Gasteiger partial charge on any atom is -0.494 e. The Labute approximate surface area is 182 Å². The van der Waals surface area contributed by atoms with E-state index in [1.54, 1.807) is 12.1 Å². The number of nitro groups is 1. The van der Waals surface area contributed by atoms with Gasteiger partial charge in [-0.15, -0.1) is 24.0 Å². The number of rotatable bonds is 8. The van der Waals surface area contributed by atoms with E-state index in [1.165, 1.54) is 12.1 Å². The van der Waals surface area contributed by atoms with Gasteiger partial charge in [0.2, 0.25) is 0 Å². The van der Waals surface area contributed by atoms with Gasteiger partial charge in [-0.3, -0.25) is 10.1 Å². The van der Waals surface area contributed by atoms with Crippen LogP contribution in [0.25, 0.3) is 0 Å². The van der Waals surface area contributed by atoms with Crippen molar-refractivity contribution in [2.45, 2.75) is 33.9 Å². The van der Waals surface area contributed by atoms with Crippen LogP contribution in [0.1, 0.15) is 30.5 Å². The normalized spacial score (nSPS) is 10.8. The first-order valence-electron chi connectivity index (χ1n) is 9.01. The monoisotopic (exact) mass is 498 g/mol. The largest absolute Gasteiger partial charge is 0.494 e. The molecular formula is C20H27IN4O3. The standard InChI is InChI=1S/C20H26N4O3.HI/c1-4-21-20(22-13-16-7-10-18(11-8-16)24(25)26)23-14-17-9-6-15(3)12-19(17)27-5-2;/h6-12H,4-5,13-14H2,1-3H3,(H2,21,22,23);1H. The Balaban J connectivity index is 0.00000392. The van der Waals surface area contributed by atoms with Gasteiger partial charge in [0.25, 0.3) is 5.69 Å². The number of halogens is 1. The molecule has 0 aliphatic heterocycles. The molecule has 2 aromatic rings. The van der Waals surface area contributed by atoms with Crippen molar-refractivity contribution >= 4 is 35.6 Å². The van der Waals surface area contributed by atoms with Gasteiger partial charge in [-0.1, -0.05) is 24.3 Å². The fraction of sp³-hybridized carbons (Fsp3) is 0.350. The third kappa shape index (κ3) is 7.34. The molecule has 0 aliphatic rings. The summed E-state index contributed by atoms with van der Waals surface area (Å²) in [4.78, 5) is 14.9. The van der Waals surface area contributed by atoms with Crippen LogP contribution in [0, 0.1) is 17.0 Å². The van der Waals surface area contributed by atoms with E-state index in [1.807, 2.05) is 32.9 Å². The van der Waals surface area contributed by atoms with Crippen LogP contribution in [0.2, 0.25) is 0 Å². The molecule has 0 radical (unpaired) electrons. The summed E-state index contributed by atoms with van der Waals surface area (Å²) >= 11 is 0. The zero-order chi connectivity index (χ0) is 19.6. The number of non-ortho nitro benzene ring substituents is 1. The minimum atomic E-state index is -0.407. The summed E-state index contributed by atoms with van der Waals surface area (Å²) in [5, 5.41) is 17.2. The van der Waals surface area contributed by atoms with Crippen LogP contribution >= 0.6 is 24.0 Å². The molecule has 0 fully saturated rings. The molecule has 0 spiro atoms. The van der Waals surface area contributed by atoms with Crippen molar-refractivity contribution < 1.29 is 9.66 Å². The molecule has 0 atom stereocenters. The second-order valence-electron chi connectivity index (χ2n) is 6.02. The second kappa shape index (κ2) is 12.2. The Bertz CT molecular complexity index is 795. The van der Waals surface area contributed by atoms with E-state index in [4.69, 9.17) is 4.74 Å². The van der Waals surface area contributed by atoms with E-state index in [2.05, 4.69) is 21.7 Å². The summed E-state index contributed by atoms with van der Waals surface area (Å²) in [6.45, 7) is 8.37. The van der Waals surface area contributed by atoms with Crippen LogP contribution in [0.4, 0.5) is 5.69 Å². The Morgan fingerprint density at radius 3 is 2.46 bits per heavy atom. The van der Waals surface area contributed by atoms with Crippen LogP contribution in [-0.2, 0) is 13.1 Å². The maximum Gasteiger partial charge on any atom is 0.269 e. The van der Waals surface area contributed by atoms with Gasteiger partial charge in [-0.2, -0.15) is 0 Å². The summed E-state index contributed by atoms with van der Waals surface area (Å²) in [6, 6.07) is 12.6. The number of nitrogens with one attached hydrogen (secondary N) is 2. The van der Waals surface area contributed by atoms with E-state index >= 15 is 0 Å². The number of ether oxygens (including phenoxy) is 1. The van der Waals surface area contributed by atoms with Crippen LogP contribution in [0.3, 0.4) is 0 Å². The van der Waals surface area contributed by atoms with E-state index in [-0.39, 0.29) is 29.7 Å². The van der Waals surface area contributed by atoms with E-state index in [9.17, 15) is 10.1 Å². The maximum atomic E-state index is 10.7. The summed E-state index contributed by atoms with van der Waals surface area (Å²) in [5.41, 5.74) is 3.20. The molecule has 8 heteroatoms. The molecule has 2 aromatic carbocycles. The highest BCUT2D eigenvalue weighted by atomic mass is 127. The average molecular weight is 498 g/mol. The minimum absolute atomic E-state index is 0. The van der Waals surface area contributed by atoms with Gasteiger partial charge in [0.1, 0.15) is 5.75 Å². The van der Waals surface area contributed by atoms with Crippen molar-refractivity contribution in [2.24, 2.45) is 4.99 Å².